The van der Waals surface area contributed by atoms with Gasteiger partial charge in [0, 0.05) is 12.1 Å². The molecule has 0 bridgehead atoms. The largest absolute Gasteiger partial charge is 0.352 e. The van der Waals surface area contributed by atoms with Gasteiger partial charge in [0.2, 0.25) is 0 Å². The molecule has 0 saturated carbocycles. The SMILES string of the molecule is CC(C)(C)c1ccc(C(=O)NCC2CCS(=O)(=O)C2)cc1. The Morgan fingerprint density at radius 2 is 1.86 bits per heavy atom. The molecule has 1 N–H and O–H groups in total. The van der Waals surface area contributed by atoms with Crippen molar-refractivity contribution in [1.29, 1.82) is 0 Å². The number of nitrogens with one attached hydrogen (secondary N) is 1. The van der Waals surface area contributed by atoms with E-state index in [0.29, 0.717) is 18.5 Å². The van der Waals surface area contributed by atoms with Crippen LogP contribution >= 0.6 is 0 Å². The first-order valence-electron chi connectivity index (χ1n) is 7.26. The maximum absolute atomic E-state index is 12.1. The van der Waals surface area contributed by atoms with Crippen molar-refractivity contribution in [2.75, 3.05) is 18.1 Å². The summed E-state index contributed by atoms with van der Waals surface area (Å²) < 4.78 is 22.7. The number of carbonyl (C=O) groups excluding carboxylic acids is 1. The van der Waals surface area contributed by atoms with E-state index in [1.165, 1.54) is 5.56 Å². The molecule has 4 nitrogen and oxygen atoms in total. The van der Waals surface area contributed by atoms with E-state index in [1.807, 2.05) is 24.3 Å². The van der Waals surface area contributed by atoms with E-state index in [1.54, 1.807) is 0 Å². The molecule has 0 spiro atoms. The third-order valence-electron chi connectivity index (χ3n) is 3.89. The Kier molecular flexibility index (Phi) is 4.42. The van der Waals surface area contributed by atoms with E-state index in [4.69, 9.17) is 0 Å². The van der Waals surface area contributed by atoms with Crippen molar-refractivity contribution < 1.29 is 13.2 Å². The highest BCUT2D eigenvalue weighted by atomic mass is 32.2. The minimum atomic E-state index is -2.88. The van der Waals surface area contributed by atoms with Gasteiger partial charge in [-0.15, -0.1) is 0 Å². The lowest BCUT2D eigenvalue weighted by Gasteiger charge is -2.19. The van der Waals surface area contributed by atoms with Crippen molar-refractivity contribution in [3.8, 4) is 0 Å². The summed E-state index contributed by atoms with van der Waals surface area (Å²) in [5.41, 5.74) is 1.86. The van der Waals surface area contributed by atoms with Crippen molar-refractivity contribution in [3.63, 3.8) is 0 Å². The van der Waals surface area contributed by atoms with Gasteiger partial charge in [0.15, 0.2) is 9.84 Å². The predicted octanol–water partition coefficient (Wildman–Crippen LogP) is 2.15. The van der Waals surface area contributed by atoms with Crippen molar-refractivity contribution >= 4 is 15.7 Å². The molecule has 0 aliphatic carbocycles. The van der Waals surface area contributed by atoms with E-state index < -0.39 is 9.84 Å². The average molecular weight is 309 g/mol. The molecule has 1 atom stereocenters. The highest BCUT2D eigenvalue weighted by molar-refractivity contribution is 7.91. The number of benzene rings is 1. The second kappa shape index (κ2) is 5.79. The third kappa shape index (κ3) is 4.30. The van der Waals surface area contributed by atoms with Gasteiger partial charge in [-0.3, -0.25) is 4.79 Å². The highest BCUT2D eigenvalue weighted by Gasteiger charge is 2.28. The van der Waals surface area contributed by atoms with Crippen molar-refractivity contribution in [2.24, 2.45) is 5.92 Å². The van der Waals surface area contributed by atoms with Crippen LogP contribution in [0, 0.1) is 5.92 Å². The Morgan fingerprint density at radius 3 is 2.33 bits per heavy atom. The molecule has 1 aromatic rings. The summed E-state index contributed by atoms with van der Waals surface area (Å²) in [5.74, 6) is 0.344. The number of hydrogen-bond acceptors (Lipinski definition) is 3. The molecule has 1 aliphatic heterocycles. The molecule has 21 heavy (non-hydrogen) atoms. The van der Waals surface area contributed by atoms with Gasteiger partial charge in [-0.05, 0) is 35.4 Å². The molecular weight excluding hydrogens is 286 g/mol. The van der Waals surface area contributed by atoms with Crippen molar-refractivity contribution in [2.45, 2.75) is 32.6 Å². The van der Waals surface area contributed by atoms with Gasteiger partial charge in [0.1, 0.15) is 0 Å². The second-order valence-electron chi connectivity index (χ2n) is 6.81. The van der Waals surface area contributed by atoms with Crippen LogP contribution in [0.4, 0.5) is 0 Å². The Balaban J connectivity index is 1.92. The molecule has 0 aromatic heterocycles. The number of amides is 1. The summed E-state index contributed by atoms with van der Waals surface area (Å²) in [5, 5.41) is 2.83. The van der Waals surface area contributed by atoms with E-state index in [-0.39, 0.29) is 28.7 Å². The lowest BCUT2D eigenvalue weighted by atomic mass is 9.87. The van der Waals surface area contributed by atoms with E-state index in [0.717, 1.165) is 0 Å². The van der Waals surface area contributed by atoms with Crippen LogP contribution in [-0.4, -0.2) is 32.4 Å². The first kappa shape index (κ1) is 16.0. The smallest absolute Gasteiger partial charge is 0.251 e. The monoisotopic (exact) mass is 309 g/mol. The van der Waals surface area contributed by atoms with Crippen LogP contribution in [0.1, 0.15) is 43.1 Å². The summed E-state index contributed by atoms with van der Waals surface area (Å²) in [6.07, 6.45) is 0.644. The van der Waals surface area contributed by atoms with Gasteiger partial charge in [0.05, 0.1) is 11.5 Å². The van der Waals surface area contributed by atoms with Crippen LogP contribution in [0.5, 0.6) is 0 Å². The molecule has 1 heterocycles. The maximum Gasteiger partial charge on any atom is 0.251 e. The highest BCUT2D eigenvalue weighted by Crippen LogP contribution is 2.22. The van der Waals surface area contributed by atoms with Crippen LogP contribution in [0.25, 0.3) is 0 Å². The van der Waals surface area contributed by atoms with Crippen LogP contribution in [0.2, 0.25) is 0 Å². The normalized spacial score (nSPS) is 21.2. The molecule has 1 aromatic carbocycles. The molecule has 0 radical (unpaired) electrons. The molecule has 1 saturated heterocycles. The summed E-state index contributed by atoms with van der Waals surface area (Å²) in [4.78, 5) is 12.1. The van der Waals surface area contributed by atoms with E-state index in [2.05, 4.69) is 26.1 Å². The fraction of sp³-hybridized carbons (Fsp3) is 0.562. The summed E-state index contributed by atoms with van der Waals surface area (Å²) in [7, 11) is -2.88. The average Bonchev–Trinajstić information content (AvgIpc) is 2.75. The fourth-order valence-electron chi connectivity index (χ4n) is 2.49. The molecule has 1 unspecified atom stereocenters. The van der Waals surface area contributed by atoms with Gasteiger partial charge in [0.25, 0.3) is 5.91 Å². The maximum atomic E-state index is 12.1. The fourth-order valence-corrected chi connectivity index (χ4v) is 4.36. The summed E-state index contributed by atoms with van der Waals surface area (Å²) >= 11 is 0. The van der Waals surface area contributed by atoms with Gasteiger partial charge >= 0.3 is 0 Å². The minimum absolute atomic E-state index is 0.0489. The van der Waals surface area contributed by atoms with Crippen LogP contribution in [0.3, 0.4) is 0 Å². The molecule has 1 fully saturated rings. The number of carbonyl (C=O) groups is 1. The summed E-state index contributed by atoms with van der Waals surface area (Å²) in [6.45, 7) is 6.81. The zero-order valence-corrected chi connectivity index (χ0v) is 13.7. The molecule has 116 valence electrons. The molecule has 1 aliphatic rings. The van der Waals surface area contributed by atoms with Gasteiger partial charge in [-0.2, -0.15) is 0 Å². The van der Waals surface area contributed by atoms with Gasteiger partial charge < -0.3 is 5.32 Å². The quantitative estimate of drug-likeness (QED) is 0.930. The van der Waals surface area contributed by atoms with Crippen molar-refractivity contribution in [3.05, 3.63) is 35.4 Å². The van der Waals surface area contributed by atoms with Gasteiger partial charge in [-0.1, -0.05) is 32.9 Å². The molecule has 1 amide bonds. The molecule has 5 heteroatoms. The standard InChI is InChI=1S/C16H23NO3S/c1-16(2,3)14-6-4-13(5-7-14)15(18)17-10-12-8-9-21(19,20)11-12/h4-7,12H,8-11H2,1-3H3,(H,17,18). The first-order chi connectivity index (χ1) is 9.67. The van der Waals surface area contributed by atoms with Crippen LogP contribution in [0.15, 0.2) is 24.3 Å². The zero-order chi connectivity index (χ0) is 15.7. The lowest BCUT2D eigenvalue weighted by molar-refractivity contribution is 0.0948. The number of sulfone groups is 1. The van der Waals surface area contributed by atoms with E-state index >= 15 is 0 Å². The third-order valence-corrected chi connectivity index (χ3v) is 5.73. The summed E-state index contributed by atoms with van der Waals surface area (Å²) in [6, 6.07) is 7.58. The Bertz CT molecular complexity index is 612. The second-order valence-corrected chi connectivity index (χ2v) is 9.04. The molecular formula is C16H23NO3S. The number of hydrogen-bond donors (Lipinski definition) is 1. The Labute approximate surface area is 126 Å². The zero-order valence-electron chi connectivity index (χ0n) is 12.8. The van der Waals surface area contributed by atoms with Gasteiger partial charge in [-0.25, -0.2) is 8.42 Å². The Morgan fingerprint density at radius 1 is 1.24 bits per heavy atom. The van der Waals surface area contributed by atoms with Crippen LogP contribution < -0.4 is 5.32 Å². The molecule has 2 rings (SSSR count). The Hall–Kier alpha value is -1.36. The van der Waals surface area contributed by atoms with Crippen LogP contribution in [-0.2, 0) is 15.3 Å². The van der Waals surface area contributed by atoms with Crippen molar-refractivity contribution in [1.82, 2.24) is 5.32 Å². The minimum Gasteiger partial charge on any atom is -0.352 e. The lowest BCUT2D eigenvalue weighted by Crippen LogP contribution is -2.29. The number of rotatable bonds is 3. The predicted molar refractivity (Wildman–Crippen MR) is 84.2 cm³/mol. The first-order valence-corrected chi connectivity index (χ1v) is 9.09. The van der Waals surface area contributed by atoms with E-state index in [9.17, 15) is 13.2 Å². The topological polar surface area (TPSA) is 63.2 Å².